The second-order valence-corrected chi connectivity index (χ2v) is 7.78. The molecular formula is C19H24O2. The number of hydrogen-bond acceptors (Lipinski definition) is 2. The van der Waals surface area contributed by atoms with Gasteiger partial charge in [0.1, 0.15) is 5.78 Å². The van der Waals surface area contributed by atoms with Gasteiger partial charge >= 0.3 is 0 Å². The molecule has 0 saturated heterocycles. The van der Waals surface area contributed by atoms with Crippen LogP contribution in [0.3, 0.4) is 0 Å². The Balaban J connectivity index is 1.77. The van der Waals surface area contributed by atoms with Gasteiger partial charge in [-0.1, -0.05) is 12.5 Å². The molecule has 0 amide bonds. The van der Waals surface area contributed by atoms with E-state index in [1.165, 1.54) is 17.6 Å². The van der Waals surface area contributed by atoms with Crippen LogP contribution < -0.4 is 0 Å². The molecule has 4 aliphatic rings. The molecule has 2 nitrogen and oxygen atoms in total. The van der Waals surface area contributed by atoms with Gasteiger partial charge in [-0.3, -0.25) is 9.59 Å². The maximum Gasteiger partial charge on any atom is 0.156 e. The topological polar surface area (TPSA) is 34.1 Å². The Kier molecular flexibility index (Phi) is 2.83. The van der Waals surface area contributed by atoms with E-state index in [0.717, 1.165) is 32.1 Å². The summed E-state index contributed by atoms with van der Waals surface area (Å²) in [6.45, 7) is 4.44. The third kappa shape index (κ3) is 1.77. The summed E-state index contributed by atoms with van der Waals surface area (Å²) in [5.41, 5.74) is 4.24. The van der Waals surface area contributed by atoms with Gasteiger partial charge in [-0.15, -0.1) is 0 Å². The van der Waals surface area contributed by atoms with E-state index < -0.39 is 0 Å². The van der Waals surface area contributed by atoms with Crippen molar-refractivity contribution in [2.45, 2.75) is 58.8 Å². The van der Waals surface area contributed by atoms with Crippen LogP contribution in [0.15, 0.2) is 22.8 Å². The molecule has 21 heavy (non-hydrogen) atoms. The molecule has 2 saturated carbocycles. The van der Waals surface area contributed by atoms with Crippen LogP contribution in [0.4, 0.5) is 0 Å². The summed E-state index contributed by atoms with van der Waals surface area (Å²) in [7, 11) is 0. The monoisotopic (exact) mass is 284 g/mol. The highest BCUT2D eigenvalue weighted by Gasteiger charge is 2.54. The van der Waals surface area contributed by atoms with E-state index >= 15 is 0 Å². The zero-order valence-electron chi connectivity index (χ0n) is 13.1. The molecule has 0 aromatic carbocycles. The second kappa shape index (κ2) is 4.41. The Morgan fingerprint density at radius 3 is 2.76 bits per heavy atom. The van der Waals surface area contributed by atoms with Gasteiger partial charge < -0.3 is 0 Å². The predicted molar refractivity (Wildman–Crippen MR) is 81.7 cm³/mol. The minimum absolute atomic E-state index is 0.0554. The fraction of sp³-hybridized carbons (Fsp3) is 0.684. The minimum atomic E-state index is -0.0554. The molecule has 4 aliphatic carbocycles. The van der Waals surface area contributed by atoms with Crippen molar-refractivity contribution in [3.8, 4) is 0 Å². The zero-order valence-corrected chi connectivity index (χ0v) is 13.1. The molecule has 4 rings (SSSR count). The fourth-order valence-corrected chi connectivity index (χ4v) is 5.65. The number of fused-ring (bicyclic) bond motifs is 4. The third-order valence-corrected chi connectivity index (χ3v) is 6.93. The fourth-order valence-electron chi connectivity index (χ4n) is 5.65. The van der Waals surface area contributed by atoms with Crippen molar-refractivity contribution in [3.63, 3.8) is 0 Å². The first kappa shape index (κ1) is 13.5. The van der Waals surface area contributed by atoms with E-state index in [9.17, 15) is 9.59 Å². The van der Waals surface area contributed by atoms with Gasteiger partial charge in [0.2, 0.25) is 0 Å². The van der Waals surface area contributed by atoms with Gasteiger partial charge in [0.25, 0.3) is 0 Å². The van der Waals surface area contributed by atoms with Crippen molar-refractivity contribution >= 4 is 11.6 Å². The number of allylic oxidation sites excluding steroid dienone is 4. The smallest absolute Gasteiger partial charge is 0.156 e. The highest BCUT2D eigenvalue weighted by atomic mass is 16.1. The highest BCUT2D eigenvalue weighted by Crippen LogP contribution is 2.59. The minimum Gasteiger partial charge on any atom is -0.299 e. The molecule has 0 aliphatic heterocycles. The van der Waals surface area contributed by atoms with Gasteiger partial charge in [-0.05, 0) is 74.0 Å². The number of carbonyl (C=O) groups excluding carboxylic acids is 2. The van der Waals surface area contributed by atoms with Crippen molar-refractivity contribution in [2.75, 3.05) is 0 Å². The summed E-state index contributed by atoms with van der Waals surface area (Å²) < 4.78 is 0. The lowest BCUT2D eigenvalue weighted by molar-refractivity contribution is -0.128. The van der Waals surface area contributed by atoms with Crippen LogP contribution in [-0.4, -0.2) is 11.6 Å². The normalized spacial score (nSPS) is 42.4. The molecule has 0 aromatic heterocycles. The van der Waals surface area contributed by atoms with Gasteiger partial charge in [-0.2, -0.15) is 0 Å². The van der Waals surface area contributed by atoms with E-state index in [4.69, 9.17) is 0 Å². The van der Waals surface area contributed by atoms with E-state index in [1.807, 2.05) is 6.08 Å². The second-order valence-electron chi connectivity index (χ2n) is 7.78. The Hall–Kier alpha value is -1.18. The van der Waals surface area contributed by atoms with Gasteiger partial charge in [0.05, 0.1) is 0 Å². The molecule has 0 unspecified atom stereocenters. The summed E-state index contributed by atoms with van der Waals surface area (Å²) in [6.07, 6.45) is 8.78. The maximum absolute atomic E-state index is 12.3. The van der Waals surface area contributed by atoms with Crippen molar-refractivity contribution in [1.82, 2.24) is 0 Å². The number of carbonyl (C=O) groups is 2. The number of ketones is 2. The molecule has 0 N–H and O–H groups in total. The quantitative estimate of drug-likeness (QED) is 0.673. The Morgan fingerprint density at radius 2 is 1.95 bits per heavy atom. The van der Waals surface area contributed by atoms with Gasteiger partial charge in [-0.25, -0.2) is 0 Å². The van der Waals surface area contributed by atoms with Crippen LogP contribution in [0, 0.1) is 23.2 Å². The van der Waals surface area contributed by atoms with Crippen LogP contribution in [0.1, 0.15) is 58.8 Å². The summed E-state index contributed by atoms with van der Waals surface area (Å²) in [4.78, 5) is 24.1. The average Bonchev–Trinajstić information content (AvgIpc) is 2.76. The van der Waals surface area contributed by atoms with Crippen molar-refractivity contribution in [3.05, 3.63) is 22.8 Å². The number of Topliss-reactive ketones (excluding diaryl/α,β-unsaturated/α-hetero) is 1. The lowest BCUT2D eigenvalue weighted by Crippen LogP contribution is -2.41. The largest absolute Gasteiger partial charge is 0.299 e. The molecular weight excluding hydrogens is 260 g/mol. The van der Waals surface area contributed by atoms with Crippen LogP contribution >= 0.6 is 0 Å². The van der Waals surface area contributed by atoms with Crippen molar-refractivity contribution < 1.29 is 9.59 Å². The molecule has 0 heterocycles. The van der Waals surface area contributed by atoms with E-state index in [-0.39, 0.29) is 5.41 Å². The molecule has 0 radical (unpaired) electrons. The first-order valence-electron chi connectivity index (χ1n) is 8.48. The van der Waals surface area contributed by atoms with Crippen LogP contribution in [-0.2, 0) is 9.59 Å². The summed E-state index contributed by atoms with van der Waals surface area (Å²) in [5.74, 6) is 2.53. The number of rotatable bonds is 0. The lowest BCUT2D eigenvalue weighted by atomic mass is 9.56. The summed E-state index contributed by atoms with van der Waals surface area (Å²) in [5, 5.41) is 0. The SMILES string of the molecule is CC1=C2CC[C@]3(C)C(=O)CC[C@H]3[C@@H]2C[C@H]2CCC(=O)C=C12. The van der Waals surface area contributed by atoms with Crippen LogP contribution in [0.25, 0.3) is 0 Å². The number of hydrogen-bond donors (Lipinski definition) is 0. The molecule has 112 valence electrons. The van der Waals surface area contributed by atoms with E-state index in [1.54, 1.807) is 5.57 Å². The molecule has 0 aromatic rings. The highest BCUT2D eigenvalue weighted by molar-refractivity contribution is 5.92. The van der Waals surface area contributed by atoms with Crippen LogP contribution in [0.2, 0.25) is 0 Å². The molecule has 0 spiro atoms. The zero-order chi connectivity index (χ0) is 14.8. The molecule has 2 fully saturated rings. The van der Waals surface area contributed by atoms with Crippen LogP contribution in [0.5, 0.6) is 0 Å². The van der Waals surface area contributed by atoms with E-state index in [2.05, 4.69) is 13.8 Å². The maximum atomic E-state index is 12.3. The Bertz CT molecular complexity index is 595. The molecule has 4 atom stereocenters. The third-order valence-electron chi connectivity index (χ3n) is 6.93. The van der Waals surface area contributed by atoms with Gasteiger partial charge in [0, 0.05) is 18.3 Å². The Labute approximate surface area is 126 Å². The van der Waals surface area contributed by atoms with Gasteiger partial charge in [0.15, 0.2) is 5.78 Å². The standard InChI is InChI=1S/C19H24O2/c1-11-14-7-8-19(2)17(5-6-18(19)21)16(14)9-12-3-4-13(20)10-15(11)12/h10,12,16-17H,3-9H2,1-2H3/t12-,16-,17+,19+/m1/s1. The van der Waals surface area contributed by atoms with Crippen molar-refractivity contribution in [1.29, 1.82) is 0 Å². The lowest BCUT2D eigenvalue weighted by Gasteiger charge is -2.48. The molecule has 0 bridgehead atoms. The summed E-state index contributed by atoms with van der Waals surface area (Å²) >= 11 is 0. The first-order valence-corrected chi connectivity index (χ1v) is 8.48. The average molecular weight is 284 g/mol. The summed E-state index contributed by atoms with van der Waals surface area (Å²) in [6, 6.07) is 0. The van der Waals surface area contributed by atoms with E-state index in [0.29, 0.717) is 35.7 Å². The first-order chi connectivity index (χ1) is 10.0. The predicted octanol–water partition coefficient (Wildman–Crippen LogP) is 4.01. The van der Waals surface area contributed by atoms with Crippen molar-refractivity contribution in [2.24, 2.45) is 23.2 Å². The Morgan fingerprint density at radius 1 is 1.14 bits per heavy atom. The molecule has 2 heteroatoms.